The lowest BCUT2D eigenvalue weighted by molar-refractivity contribution is -0.384. The Morgan fingerprint density at radius 2 is 1.96 bits per heavy atom. The first kappa shape index (κ1) is 18.6. The second-order valence-electron chi connectivity index (χ2n) is 6.50. The van der Waals surface area contributed by atoms with Gasteiger partial charge in [-0.05, 0) is 32.9 Å². The van der Waals surface area contributed by atoms with Gasteiger partial charge in [0.05, 0.1) is 16.1 Å². The van der Waals surface area contributed by atoms with Crippen molar-refractivity contribution in [2.75, 3.05) is 13.1 Å². The Hall–Kier alpha value is -2.74. The van der Waals surface area contributed by atoms with E-state index in [1.165, 1.54) is 16.8 Å². The summed E-state index contributed by atoms with van der Waals surface area (Å²) in [5.41, 5.74) is 0.430. The molecule has 0 bridgehead atoms. The second-order valence-corrected chi connectivity index (χ2v) is 6.50. The van der Waals surface area contributed by atoms with Gasteiger partial charge in [0.2, 0.25) is 0 Å². The van der Waals surface area contributed by atoms with E-state index in [9.17, 15) is 20.0 Å². The number of hydrogen-bond acceptors (Lipinski definition) is 5. The van der Waals surface area contributed by atoms with E-state index in [0.717, 1.165) is 0 Å². The molecule has 0 aliphatic heterocycles. The molecule has 25 heavy (non-hydrogen) atoms. The number of amides is 1. The number of nitrogens with zero attached hydrogens (tertiary/aromatic N) is 4. The van der Waals surface area contributed by atoms with Gasteiger partial charge in [0.1, 0.15) is 5.69 Å². The topological polar surface area (TPSA) is 102 Å². The molecule has 134 valence electrons. The molecule has 0 fully saturated rings. The molecular weight excluding hydrogens is 324 g/mol. The predicted octanol–water partition coefficient (Wildman–Crippen LogP) is 2.23. The van der Waals surface area contributed by atoms with Crippen LogP contribution in [0.1, 0.15) is 31.1 Å². The SMILES string of the molecule is CCN(CC(C)(C)O)C(=O)c1cn(C)nc1-c1ccc([N+](=O)[O-])cc1. The lowest BCUT2D eigenvalue weighted by Gasteiger charge is -2.28. The van der Waals surface area contributed by atoms with E-state index < -0.39 is 10.5 Å². The molecule has 0 radical (unpaired) electrons. The lowest BCUT2D eigenvalue weighted by Crippen LogP contribution is -2.42. The van der Waals surface area contributed by atoms with Gasteiger partial charge in [-0.15, -0.1) is 0 Å². The fraction of sp³-hybridized carbons (Fsp3) is 0.412. The number of aromatic nitrogens is 2. The maximum absolute atomic E-state index is 12.9. The summed E-state index contributed by atoms with van der Waals surface area (Å²) in [5.74, 6) is -0.244. The molecule has 1 heterocycles. The largest absolute Gasteiger partial charge is 0.389 e. The Kier molecular flexibility index (Phi) is 5.22. The fourth-order valence-corrected chi connectivity index (χ4v) is 2.56. The zero-order chi connectivity index (χ0) is 18.8. The predicted molar refractivity (Wildman–Crippen MR) is 93.2 cm³/mol. The molecule has 1 aromatic heterocycles. The van der Waals surface area contributed by atoms with Gasteiger partial charge < -0.3 is 10.0 Å². The molecule has 1 N–H and O–H groups in total. The van der Waals surface area contributed by atoms with Gasteiger partial charge >= 0.3 is 0 Å². The van der Waals surface area contributed by atoms with Crippen LogP contribution in [0.3, 0.4) is 0 Å². The van der Waals surface area contributed by atoms with Crippen molar-refractivity contribution in [3.05, 3.63) is 46.1 Å². The van der Waals surface area contributed by atoms with Crippen LogP contribution in [-0.2, 0) is 7.05 Å². The summed E-state index contributed by atoms with van der Waals surface area (Å²) in [4.78, 5) is 24.8. The van der Waals surface area contributed by atoms with Crippen molar-refractivity contribution in [2.24, 2.45) is 7.05 Å². The molecule has 8 nitrogen and oxygen atoms in total. The van der Waals surface area contributed by atoms with E-state index in [1.54, 1.807) is 44.1 Å². The molecule has 2 aromatic rings. The third-order valence-electron chi connectivity index (χ3n) is 3.66. The van der Waals surface area contributed by atoms with Gasteiger partial charge in [-0.25, -0.2) is 0 Å². The maximum Gasteiger partial charge on any atom is 0.269 e. The first-order valence-electron chi connectivity index (χ1n) is 7.92. The summed E-state index contributed by atoms with van der Waals surface area (Å²) in [6.45, 7) is 5.76. The van der Waals surface area contributed by atoms with Gasteiger partial charge in [-0.3, -0.25) is 19.6 Å². The van der Waals surface area contributed by atoms with E-state index in [4.69, 9.17) is 0 Å². The Balaban J connectivity index is 2.39. The highest BCUT2D eigenvalue weighted by Gasteiger charge is 2.26. The molecule has 0 aliphatic carbocycles. The van der Waals surface area contributed by atoms with Crippen LogP contribution in [-0.4, -0.2) is 49.3 Å². The summed E-state index contributed by atoms with van der Waals surface area (Å²) < 4.78 is 1.53. The molecule has 1 aromatic carbocycles. The molecular formula is C17H22N4O4. The summed E-state index contributed by atoms with van der Waals surface area (Å²) in [6, 6.07) is 5.91. The Morgan fingerprint density at radius 1 is 1.36 bits per heavy atom. The first-order chi connectivity index (χ1) is 11.6. The third-order valence-corrected chi connectivity index (χ3v) is 3.66. The van der Waals surface area contributed by atoms with Crippen LogP contribution in [0.25, 0.3) is 11.3 Å². The number of benzene rings is 1. The van der Waals surface area contributed by atoms with Crippen LogP contribution >= 0.6 is 0 Å². The van der Waals surface area contributed by atoms with Crippen molar-refractivity contribution in [2.45, 2.75) is 26.4 Å². The van der Waals surface area contributed by atoms with Crippen molar-refractivity contribution < 1.29 is 14.8 Å². The zero-order valence-corrected chi connectivity index (χ0v) is 14.8. The number of aliphatic hydroxyl groups is 1. The molecule has 0 saturated heterocycles. The molecule has 0 unspecified atom stereocenters. The number of carbonyl (C=O) groups excluding carboxylic acids is 1. The van der Waals surface area contributed by atoms with Gasteiger partial charge in [0, 0.05) is 44.0 Å². The number of nitro benzene ring substituents is 1. The minimum absolute atomic E-state index is 0.0234. The first-order valence-corrected chi connectivity index (χ1v) is 7.92. The van der Waals surface area contributed by atoms with Gasteiger partial charge in [-0.2, -0.15) is 5.10 Å². The minimum atomic E-state index is -1.01. The van der Waals surface area contributed by atoms with Crippen LogP contribution in [0.15, 0.2) is 30.5 Å². The maximum atomic E-state index is 12.9. The Morgan fingerprint density at radius 3 is 2.44 bits per heavy atom. The molecule has 0 saturated carbocycles. The highest BCUT2D eigenvalue weighted by atomic mass is 16.6. The van der Waals surface area contributed by atoms with Crippen LogP contribution in [0.2, 0.25) is 0 Å². The monoisotopic (exact) mass is 346 g/mol. The summed E-state index contributed by atoms with van der Waals surface area (Å²) in [5, 5.41) is 25.1. The highest BCUT2D eigenvalue weighted by molar-refractivity contribution is 5.99. The van der Waals surface area contributed by atoms with Gasteiger partial charge in [0.25, 0.3) is 11.6 Å². The standard InChI is InChI=1S/C17H22N4O4/c1-5-20(11-17(2,3)23)16(22)14-10-19(4)18-15(14)12-6-8-13(9-7-12)21(24)25/h6-10,23H,5,11H2,1-4H3. The van der Waals surface area contributed by atoms with Crippen molar-refractivity contribution in [1.29, 1.82) is 0 Å². The normalized spacial score (nSPS) is 11.4. The zero-order valence-electron chi connectivity index (χ0n) is 14.8. The van der Waals surface area contributed by atoms with Gasteiger partial charge in [-0.1, -0.05) is 0 Å². The smallest absolute Gasteiger partial charge is 0.269 e. The van der Waals surface area contributed by atoms with Crippen LogP contribution in [0.5, 0.6) is 0 Å². The second kappa shape index (κ2) is 7.02. The third kappa shape index (κ3) is 4.42. The summed E-state index contributed by atoms with van der Waals surface area (Å²) >= 11 is 0. The fourth-order valence-electron chi connectivity index (χ4n) is 2.56. The average molecular weight is 346 g/mol. The lowest BCUT2D eigenvalue weighted by atomic mass is 10.1. The molecule has 0 spiro atoms. The van der Waals surface area contributed by atoms with Crippen molar-refractivity contribution in [3.63, 3.8) is 0 Å². The average Bonchev–Trinajstić information content (AvgIpc) is 2.93. The van der Waals surface area contributed by atoms with E-state index in [-0.39, 0.29) is 18.1 Å². The highest BCUT2D eigenvalue weighted by Crippen LogP contribution is 2.25. The number of nitro groups is 1. The molecule has 0 aliphatic rings. The van der Waals surface area contributed by atoms with Gasteiger partial charge in [0.15, 0.2) is 0 Å². The molecule has 1 amide bonds. The van der Waals surface area contributed by atoms with E-state index in [2.05, 4.69) is 5.10 Å². The van der Waals surface area contributed by atoms with Crippen LogP contribution in [0.4, 0.5) is 5.69 Å². The number of aryl methyl sites for hydroxylation is 1. The summed E-state index contributed by atoms with van der Waals surface area (Å²) in [7, 11) is 1.71. The van der Waals surface area contributed by atoms with E-state index >= 15 is 0 Å². The number of carbonyl (C=O) groups is 1. The van der Waals surface area contributed by atoms with Crippen molar-refractivity contribution >= 4 is 11.6 Å². The number of hydrogen-bond donors (Lipinski definition) is 1. The van der Waals surface area contributed by atoms with E-state index in [0.29, 0.717) is 23.4 Å². The van der Waals surface area contributed by atoms with Crippen LogP contribution < -0.4 is 0 Å². The van der Waals surface area contributed by atoms with E-state index in [1.807, 2.05) is 6.92 Å². The Labute approximate surface area is 145 Å². The molecule has 0 atom stereocenters. The van der Waals surface area contributed by atoms with Crippen molar-refractivity contribution in [1.82, 2.24) is 14.7 Å². The minimum Gasteiger partial charge on any atom is -0.389 e. The molecule has 2 rings (SSSR count). The summed E-state index contributed by atoms with van der Waals surface area (Å²) in [6.07, 6.45) is 1.62. The number of likely N-dealkylation sites (N-methyl/N-ethyl adjacent to an activating group) is 1. The van der Waals surface area contributed by atoms with Crippen molar-refractivity contribution in [3.8, 4) is 11.3 Å². The van der Waals surface area contributed by atoms with Crippen LogP contribution in [0, 0.1) is 10.1 Å². The quantitative estimate of drug-likeness (QED) is 0.638. The number of rotatable bonds is 6. The number of non-ortho nitro benzene ring substituents is 1. The Bertz CT molecular complexity index is 775. The molecule has 8 heteroatoms.